The van der Waals surface area contributed by atoms with Crippen LogP contribution in [-0.2, 0) is 0 Å². The Balaban J connectivity index is 2.29. The number of alkyl halides is 3. The average Bonchev–Trinajstić information content (AvgIpc) is 2.89. The second-order valence-corrected chi connectivity index (χ2v) is 4.71. The van der Waals surface area contributed by atoms with E-state index >= 15 is 0 Å². The molecule has 114 valence electrons. The predicted octanol–water partition coefficient (Wildman–Crippen LogP) is 2.68. The molecule has 0 saturated carbocycles. The number of nitrogens with zero attached hydrogens (tertiary/aromatic N) is 2. The molecule has 0 fully saturated rings. The molecule has 21 heavy (non-hydrogen) atoms. The highest BCUT2D eigenvalue weighted by molar-refractivity contribution is 5.95. The molecule has 2 rings (SSSR count). The molecule has 1 amide bonds. The molecule has 1 N–H and O–H groups in total. The second-order valence-electron chi connectivity index (χ2n) is 4.71. The van der Waals surface area contributed by atoms with Gasteiger partial charge in [-0.3, -0.25) is 9.36 Å². The fourth-order valence-corrected chi connectivity index (χ4v) is 2.08. The standard InChI is InChI=1S/C13H14F3N3O2/c1-7-4-10(12(20)17-6-13(14,15)16)9(3)19(7)11-5-8(2)21-18-11/h4-5H,6H2,1-3H3,(H,17,20). The fraction of sp³-hybridized carbons (Fsp3) is 0.385. The van der Waals surface area contributed by atoms with Gasteiger partial charge in [0.1, 0.15) is 12.3 Å². The lowest BCUT2D eigenvalue weighted by atomic mass is 10.2. The van der Waals surface area contributed by atoms with Crippen LogP contribution in [0.15, 0.2) is 16.7 Å². The van der Waals surface area contributed by atoms with Crippen LogP contribution in [0, 0.1) is 20.8 Å². The Morgan fingerprint density at radius 1 is 1.33 bits per heavy atom. The first-order chi connectivity index (χ1) is 9.69. The second kappa shape index (κ2) is 5.27. The molecule has 0 aliphatic rings. The summed E-state index contributed by atoms with van der Waals surface area (Å²) < 4.78 is 43.0. The molecule has 0 spiro atoms. The molecule has 0 radical (unpaired) electrons. The summed E-state index contributed by atoms with van der Waals surface area (Å²) in [5.41, 5.74) is 1.36. The first-order valence-electron chi connectivity index (χ1n) is 6.16. The van der Waals surface area contributed by atoms with Gasteiger partial charge in [-0.15, -0.1) is 0 Å². The summed E-state index contributed by atoms with van der Waals surface area (Å²) >= 11 is 0. The van der Waals surface area contributed by atoms with Crippen LogP contribution in [0.25, 0.3) is 5.82 Å². The number of amides is 1. The summed E-state index contributed by atoms with van der Waals surface area (Å²) in [6.45, 7) is 3.73. The SMILES string of the molecule is Cc1cc(-n2c(C)cc(C(=O)NCC(F)(F)F)c2C)no1. The van der Waals surface area contributed by atoms with E-state index in [1.165, 1.54) is 6.07 Å². The van der Waals surface area contributed by atoms with Crippen LogP contribution >= 0.6 is 0 Å². The van der Waals surface area contributed by atoms with Gasteiger partial charge in [0.15, 0.2) is 5.82 Å². The molecule has 2 aromatic heterocycles. The molecular formula is C13H14F3N3O2. The minimum absolute atomic E-state index is 0.178. The van der Waals surface area contributed by atoms with Gasteiger partial charge in [0.25, 0.3) is 5.91 Å². The number of aryl methyl sites for hydroxylation is 2. The minimum Gasteiger partial charge on any atom is -0.360 e. The van der Waals surface area contributed by atoms with Gasteiger partial charge in [-0.25, -0.2) is 0 Å². The molecule has 5 nitrogen and oxygen atoms in total. The zero-order valence-corrected chi connectivity index (χ0v) is 11.7. The van der Waals surface area contributed by atoms with Crippen molar-refractivity contribution in [1.29, 1.82) is 0 Å². The lowest BCUT2D eigenvalue weighted by Crippen LogP contribution is -2.33. The van der Waals surface area contributed by atoms with E-state index in [1.807, 2.05) is 5.32 Å². The smallest absolute Gasteiger partial charge is 0.360 e. The van der Waals surface area contributed by atoms with Gasteiger partial charge in [-0.1, -0.05) is 5.16 Å². The van der Waals surface area contributed by atoms with E-state index in [0.29, 0.717) is 23.0 Å². The molecule has 2 heterocycles. The maximum Gasteiger partial charge on any atom is 0.405 e. The quantitative estimate of drug-likeness (QED) is 0.948. The van der Waals surface area contributed by atoms with Gasteiger partial charge in [0, 0.05) is 17.5 Å². The first kappa shape index (κ1) is 15.1. The van der Waals surface area contributed by atoms with Gasteiger partial charge >= 0.3 is 6.18 Å². The number of hydrogen-bond acceptors (Lipinski definition) is 3. The van der Waals surface area contributed by atoms with E-state index < -0.39 is 18.6 Å². The Hall–Kier alpha value is -2.25. The summed E-state index contributed by atoms with van der Waals surface area (Å²) in [6, 6.07) is 3.20. The number of halogens is 3. The topological polar surface area (TPSA) is 60.1 Å². The molecule has 0 saturated heterocycles. The van der Waals surface area contributed by atoms with Crippen molar-refractivity contribution in [3.63, 3.8) is 0 Å². The largest absolute Gasteiger partial charge is 0.405 e. The van der Waals surface area contributed by atoms with Crippen LogP contribution in [0.1, 0.15) is 27.5 Å². The third-order valence-electron chi connectivity index (χ3n) is 2.97. The van der Waals surface area contributed by atoms with Crippen molar-refractivity contribution in [2.45, 2.75) is 26.9 Å². The maximum absolute atomic E-state index is 12.1. The Morgan fingerprint density at radius 3 is 2.52 bits per heavy atom. The molecule has 0 unspecified atom stereocenters. The third-order valence-corrected chi connectivity index (χ3v) is 2.97. The van der Waals surface area contributed by atoms with Crippen LogP contribution < -0.4 is 5.32 Å². The summed E-state index contributed by atoms with van der Waals surface area (Å²) in [7, 11) is 0. The predicted molar refractivity (Wildman–Crippen MR) is 68.4 cm³/mol. The Morgan fingerprint density at radius 2 is 2.00 bits per heavy atom. The Labute approximate surface area is 118 Å². The van der Waals surface area contributed by atoms with Crippen molar-refractivity contribution in [3.05, 3.63) is 34.8 Å². The highest BCUT2D eigenvalue weighted by atomic mass is 19.4. The van der Waals surface area contributed by atoms with Gasteiger partial charge in [-0.2, -0.15) is 13.2 Å². The lowest BCUT2D eigenvalue weighted by Gasteiger charge is -2.08. The summed E-state index contributed by atoms with van der Waals surface area (Å²) in [4.78, 5) is 11.8. The van der Waals surface area contributed by atoms with Gasteiger partial charge < -0.3 is 9.84 Å². The Kier molecular flexibility index (Phi) is 3.80. The molecule has 0 aliphatic heterocycles. The molecular weight excluding hydrogens is 287 g/mol. The molecule has 8 heteroatoms. The van der Waals surface area contributed by atoms with Crippen molar-refractivity contribution in [2.75, 3.05) is 6.54 Å². The normalized spacial score (nSPS) is 11.7. The van der Waals surface area contributed by atoms with Crippen molar-refractivity contribution < 1.29 is 22.5 Å². The van der Waals surface area contributed by atoms with Crippen LogP contribution in [-0.4, -0.2) is 28.4 Å². The third kappa shape index (κ3) is 3.26. The zero-order chi connectivity index (χ0) is 15.8. The number of hydrogen-bond donors (Lipinski definition) is 1. The first-order valence-corrected chi connectivity index (χ1v) is 6.16. The van der Waals surface area contributed by atoms with Crippen LogP contribution in [0.5, 0.6) is 0 Å². The van der Waals surface area contributed by atoms with Crippen LogP contribution in [0.2, 0.25) is 0 Å². The van der Waals surface area contributed by atoms with Crippen molar-refractivity contribution in [2.24, 2.45) is 0 Å². The highest BCUT2D eigenvalue weighted by Gasteiger charge is 2.28. The molecule has 0 aromatic carbocycles. The number of rotatable bonds is 3. The van der Waals surface area contributed by atoms with Gasteiger partial charge in [-0.05, 0) is 26.8 Å². The minimum atomic E-state index is -4.44. The van der Waals surface area contributed by atoms with E-state index in [1.54, 1.807) is 31.4 Å². The number of aromatic nitrogens is 2. The van der Waals surface area contributed by atoms with Crippen molar-refractivity contribution in [1.82, 2.24) is 15.0 Å². The monoisotopic (exact) mass is 301 g/mol. The zero-order valence-electron chi connectivity index (χ0n) is 11.7. The van der Waals surface area contributed by atoms with E-state index in [-0.39, 0.29) is 5.56 Å². The number of carbonyl (C=O) groups is 1. The molecule has 0 aliphatic carbocycles. The van der Waals surface area contributed by atoms with Gasteiger partial charge in [0.2, 0.25) is 0 Å². The van der Waals surface area contributed by atoms with E-state index in [4.69, 9.17) is 4.52 Å². The Bertz CT molecular complexity index is 671. The number of carbonyl (C=O) groups excluding carboxylic acids is 1. The molecule has 2 aromatic rings. The number of nitrogens with one attached hydrogen (secondary N) is 1. The van der Waals surface area contributed by atoms with E-state index in [2.05, 4.69) is 5.16 Å². The lowest BCUT2D eigenvalue weighted by molar-refractivity contribution is -0.123. The van der Waals surface area contributed by atoms with E-state index in [9.17, 15) is 18.0 Å². The summed E-state index contributed by atoms with van der Waals surface area (Å²) in [5, 5.41) is 5.70. The van der Waals surface area contributed by atoms with Crippen LogP contribution in [0.4, 0.5) is 13.2 Å². The van der Waals surface area contributed by atoms with Crippen molar-refractivity contribution in [3.8, 4) is 5.82 Å². The van der Waals surface area contributed by atoms with E-state index in [0.717, 1.165) is 0 Å². The van der Waals surface area contributed by atoms with Crippen LogP contribution in [0.3, 0.4) is 0 Å². The highest BCUT2D eigenvalue weighted by Crippen LogP contribution is 2.21. The fourth-order valence-electron chi connectivity index (χ4n) is 2.08. The van der Waals surface area contributed by atoms with Gasteiger partial charge in [0.05, 0.1) is 5.56 Å². The summed E-state index contributed by atoms with van der Waals surface area (Å²) in [6.07, 6.45) is -4.44. The molecule has 0 bridgehead atoms. The van der Waals surface area contributed by atoms with Crippen molar-refractivity contribution >= 4 is 5.91 Å². The summed E-state index contributed by atoms with van der Waals surface area (Å²) in [5.74, 6) is 0.310. The maximum atomic E-state index is 12.1. The molecule has 0 atom stereocenters. The average molecular weight is 301 g/mol.